The van der Waals surface area contributed by atoms with Crippen LogP contribution in [0.2, 0.25) is 0 Å². The molecule has 1 amide bonds. The van der Waals surface area contributed by atoms with E-state index in [0.29, 0.717) is 13.2 Å². The largest absolute Gasteiger partial charge is 1.00 e. The number of unbranched alkanes of at least 4 members (excludes halogenated alkanes) is 11. The molecule has 0 radical (unpaired) electrons. The molecule has 0 fully saturated rings. The SMILES string of the molecule is CCCCCCCCCCCCCCOc1c(F)cccc1OCC(=O)Nc1ccccc1C[n+]1ccsc1.[Br-]. The first-order valence-corrected chi connectivity index (χ1v) is 15.4. The number of para-hydroxylation sites is 2. The van der Waals surface area contributed by atoms with E-state index in [9.17, 15) is 9.18 Å². The average molecular weight is 636 g/mol. The lowest BCUT2D eigenvalue weighted by molar-refractivity contribution is -0.683. The van der Waals surface area contributed by atoms with E-state index in [1.165, 1.54) is 70.3 Å². The lowest BCUT2D eigenvalue weighted by Gasteiger charge is -2.14. The minimum absolute atomic E-state index is 0. The molecule has 1 N–H and O–H groups in total. The minimum atomic E-state index is -0.482. The number of carbonyl (C=O) groups is 1. The Hall–Kier alpha value is -2.45. The summed E-state index contributed by atoms with van der Waals surface area (Å²) in [6.07, 6.45) is 17.1. The molecule has 0 saturated carbocycles. The molecule has 3 aromatic rings. The summed E-state index contributed by atoms with van der Waals surface area (Å²) < 4.78 is 28.0. The van der Waals surface area contributed by atoms with Crippen molar-refractivity contribution in [2.24, 2.45) is 0 Å². The van der Waals surface area contributed by atoms with Crippen LogP contribution >= 0.6 is 11.3 Å². The zero-order chi connectivity index (χ0) is 27.5. The van der Waals surface area contributed by atoms with Gasteiger partial charge in [-0.1, -0.05) is 113 Å². The van der Waals surface area contributed by atoms with Gasteiger partial charge in [-0.2, -0.15) is 4.57 Å². The van der Waals surface area contributed by atoms with Gasteiger partial charge in [0.25, 0.3) is 5.91 Å². The second-order valence-corrected chi connectivity index (χ2v) is 10.8. The Morgan fingerprint density at radius 3 is 2.23 bits per heavy atom. The van der Waals surface area contributed by atoms with Crippen molar-refractivity contribution in [3.63, 3.8) is 0 Å². The summed E-state index contributed by atoms with van der Waals surface area (Å²) in [5, 5.41) is 4.92. The quantitative estimate of drug-likeness (QED) is 0.135. The molecule has 1 heterocycles. The fraction of sp³-hybridized carbons (Fsp3) is 0.500. The summed E-state index contributed by atoms with van der Waals surface area (Å²) in [6, 6.07) is 12.2. The lowest BCUT2D eigenvalue weighted by atomic mass is 10.1. The van der Waals surface area contributed by atoms with Gasteiger partial charge in [0, 0.05) is 5.56 Å². The summed E-state index contributed by atoms with van der Waals surface area (Å²) in [5.41, 5.74) is 3.74. The number of anilines is 1. The van der Waals surface area contributed by atoms with Crippen LogP contribution in [0.1, 0.15) is 89.5 Å². The molecule has 0 bridgehead atoms. The van der Waals surface area contributed by atoms with Crippen LogP contribution in [0, 0.1) is 5.82 Å². The molecule has 3 rings (SSSR count). The van der Waals surface area contributed by atoms with E-state index in [4.69, 9.17) is 9.47 Å². The van der Waals surface area contributed by atoms with E-state index in [1.54, 1.807) is 23.5 Å². The molecular formula is C32H44BrFN2O3S. The van der Waals surface area contributed by atoms with Gasteiger partial charge >= 0.3 is 0 Å². The number of rotatable bonds is 20. The second-order valence-electron chi connectivity index (χ2n) is 10.00. The molecule has 0 saturated heterocycles. The number of nitrogens with one attached hydrogen (secondary N) is 1. The van der Waals surface area contributed by atoms with Crippen molar-refractivity contribution in [2.75, 3.05) is 18.5 Å². The highest BCUT2D eigenvalue weighted by molar-refractivity contribution is 7.07. The minimum Gasteiger partial charge on any atom is -1.00 e. The summed E-state index contributed by atoms with van der Waals surface area (Å²) in [4.78, 5) is 12.6. The fourth-order valence-corrected chi connectivity index (χ4v) is 5.12. The van der Waals surface area contributed by atoms with Gasteiger partial charge in [0.1, 0.15) is 0 Å². The van der Waals surface area contributed by atoms with Crippen molar-refractivity contribution in [2.45, 2.75) is 90.5 Å². The summed E-state index contributed by atoms with van der Waals surface area (Å²) in [5.74, 6) is -0.479. The molecule has 0 unspecified atom stereocenters. The van der Waals surface area contributed by atoms with Crippen LogP contribution in [0.25, 0.3) is 0 Å². The highest BCUT2D eigenvalue weighted by Crippen LogP contribution is 2.30. The molecule has 220 valence electrons. The Kier molecular flexibility index (Phi) is 17.2. The zero-order valence-corrected chi connectivity index (χ0v) is 26.1. The number of ether oxygens (including phenoxy) is 2. The Morgan fingerprint density at radius 1 is 0.875 bits per heavy atom. The maximum absolute atomic E-state index is 14.5. The number of aromatic nitrogens is 1. The van der Waals surface area contributed by atoms with Crippen molar-refractivity contribution in [1.82, 2.24) is 0 Å². The number of amides is 1. The van der Waals surface area contributed by atoms with Crippen LogP contribution < -0.4 is 36.3 Å². The number of halogens is 2. The number of carbonyl (C=O) groups excluding carboxylic acids is 1. The summed E-state index contributed by atoms with van der Waals surface area (Å²) >= 11 is 1.61. The van der Waals surface area contributed by atoms with Gasteiger partial charge in [0.05, 0.1) is 17.7 Å². The van der Waals surface area contributed by atoms with Gasteiger partial charge in [-0.3, -0.25) is 4.79 Å². The Morgan fingerprint density at radius 2 is 1.55 bits per heavy atom. The molecule has 5 nitrogen and oxygen atoms in total. The van der Waals surface area contributed by atoms with Crippen molar-refractivity contribution in [1.29, 1.82) is 0 Å². The Balaban J connectivity index is 0.00000560. The standard InChI is InChI=1S/C32H43FN2O3S.BrH/c1-2-3-4-5-6-7-8-9-10-11-12-15-22-37-32-28(33)18-16-20-30(32)38-25-31(36)34-29-19-14-13-17-27(29)24-35-21-23-39-26-35;/h13-14,16-21,23,26H,2-12,15,22,24-25H2,1H3;1H. The van der Waals surface area contributed by atoms with Gasteiger partial charge < -0.3 is 31.8 Å². The maximum atomic E-state index is 14.5. The third-order valence-corrected chi connectivity index (χ3v) is 7.38. The Labute approximate surface area is 253 Å². The van der Waals surface area contributed by atoms with Gasteiger partial charge in [0.15, 0.2) is 36.7 Å². The van der Waals surface area contributed by atoms with Crippen molar-refractivity contribution in [3.8, 4) is 11.5 Å². The summed E-state index contributed by atoms with van der Waals surface area (Å²) in [6.45, 7) is 3.10. The second kappa shape index (κ2) is 20.4. The number of benzene rings is 2. The van der Waals surface area contributed by atoms with Gasteiger partial charge in [0.2, 0.25) is 5.51 Å². The first-order valence-electron chi connectivity index (χ1n) is 14.5. The van der Waals surface area contributed by atoms with Crippen LogP contribution in [0.5, 0.6) is 11.5 Å². The van der Waals surface area contributed by atoms with E-state index in [2.05, 4.69) is 16.8 Å². The van der Waals surface area contributed by atoms with Gasteiger partial charge in [-0.05, 0) is 24.6 Å². The molecule has 0 spiro atoms. The van der Waals surface area contributed by atoms with Crippen LogP contribution in [0.15, 0.2) is 59.6 Å². The molecule has 8 heteroatoms. The predicted octanol–water partition coefficient (Wildman–Crippen LogP) is 5.32. The predicted molar refractivity (Wildman–Crippen MR) is 157 cm³/mol. The molecule has 2 aromatic carbocycles. The zero-order valence-electron chi connectivity index (χ0n) is 23.7. The molecule has 0 aliphatic heterocycles. The van der Waals surface area contributed by atoms with E-state index < -0.39 is 5.82 Å². The fourth-order valence-electron chi connectivity index (χ4n) is 4.52. The van der Waals surface area contributed by atoms with E-state index in [-0.39, 0.29) is 41.0 Å². The summed E-state index contributed by atoms with van der Waals surface area (Å²) in [7, 11) is 0. The third-order valence-electron chi connectivity index (χ3n) is 6.71. The number of hydrogen-bond acceptors (Lipinski definition) is 4. The Bertz CT molecular complexity index is 1100. The third kappa shape index (κ3) is 12.8. The van der Waals surface area contributed by atoms with E-state index >= 15 is 0 Å². The average Bonchev–Trinajstić information content (AvgIpc) is 3.45. The monoisotopic (exact) mass is 634 g/mol. The highest BCUT2D eigenvalue weighted by Gasteiger charge is 2.15. The number of hydrogen-bond donors (Lipinski definition) is 1. The van der Waals surface area contributed by atoms with Crippen LogP contribution in [0.3, 0.4) is 0 Å². The topological polar surface area (TPSA) is 51.4 Å². The molecule has 0 atom stereocenters. The van der Waals surface area contributed by atoms with Crippen LogP contribution in [-0.4, -0.2) is 19.1 Å². The molecule has 40 heavy (non-hydrogen) atoms. The lowest BCUT2D eigenvalue weighted by Crippen LogP contribution is -3.00. The first-order chi connectivity index (χ1) is 19.2. The van der Waals surface area contributed by atoms with Gasteiger partial charge in [-0.15, -0.1) is 0 Å². The first kappa shape index (κ1) is 33.8. The maximum Gasteiger partial charge on any atom is 0.262 e. The van der Waals surface area contributed by atoms with Crippen LogP contribution in [-0.2, 0) is 11.3 Å². The number of nitrogens with zero attached hydrogens (tertiary/aromatic N) is 1. The smallest absolute Gasteiger partial charge is 0.262 e. The van der Waals surface area contributed by atoms with E-state index in [0.717, 1.165) is 24.1 Å². The molecule has 0 aliphatic carbocycles. The molecule has 0 aliphatic rings. The molecule has 1 aromatic heterocycles. The van der Waals surface area contributed by atoms with Crippen molar-refractivity contribution >= 4 is 22.9 Å². The van der Waals surface area contributed by atoms with E-state index in [1.807, 2.05) is 41.4 Å². The van der Waals surface area contributed by atoms with Crippen LogP contribution in [0.4, 0.5) is 10.1 Å². The van der Waals surface area contributed by atoms with Crippen molar-refractivity contribution < 1.29 is 40.2 Å². The number of thiazole rings is 1. The normalized spacial score (nSPS) is 10.7. The van der Waals surface area contributed by atoms with Gasteiger partial charge in [-0.25, -0.2) is 4.39 Å². The van der Waals surface area contributed by atoms with Crippen molar-refractivity contribution in [3.05, 3.63) is 70.9 Å². The highest BCUT2D eigenvalue weighted by atomic mass is 79.9. The molecular weight excluding hydrogens is 591 g/mol.